The summed E-state index contributed by atoms with van der Waals surface area (Å²) in [7, 11) is 0. The summed E-state index contributed by atoms with van der Waals surface area (Å²) in [6.45, 7) is 3.88. The van der Waals surface area contributed by atoms with Crippen LogP contribution < -0.4 is 10.2 Å². The maximum Gasteiger partial charge on any atom is 0.326 e. The predicted molar refractivity (Wildman–Crippen MR) is 73.5 cm³/mol. The number of hydrogen-bond donors (Lipinski definition) is 2. The van der Waals surface area contributed by atoms with Gasteiger partial charge in [-0.25, -0.2) is 4.79 Å². The number of carboxylic acids is 1. The minimum atomic E-state index is -0.835. The number of carbonyl (C=O) groups excluding carboxylic acids is 1. The van der Waals surface area contributed by atoms with E-state index in [9.17, 15) is 9.59 Å². The van der Waals surface area contributed by atoms with E-state index in [4.69, 9.17) is 5.11 Å². The molecule has 2 N–H and O–H groups in total. The van der Waals surface area contributed by atoms with E-state index >= 15 is 0 Å². The monoisotopic (exact) mass is 262 g/mol. The maximum atomic E-state index is 11.2. The molecule has 5 heteroatoms. The van der Waals surface area contributed by atoms with Crippen molar-refractivity contribution in [2.45, 2.75) is 32.7 Å². The first kappa shape index (κ1) is 13.4. The van der Waals surface area contributed by atoms with E-state index in [0.717, 1.165) is 36.3 Å². The molecule has 0 bridgehead atoms. The number of amides is 1. The van der Waals surface area contributed by atoms with Gasteiger partial charge in [-0.3, -0.25) is 4.79 Å². The van der Waals surface area contributed by atoms with E-state index < -0.39 is 12.0 Å². The molecule has 0 radical (unpaired) electrons. The lowest BCUT2D eigenvalue weighted by molar-refractivity contribution is -0.138. The van der Waals surface area contributed by atoms with Gasteiger partial charge in [-0.2, -0.15) is 0 Å². The smallest absolute Gasteiger partial charge is 0.326 e. The van der Waals surface area contributed by atoms with Gasteiger partial charge in [0.1, 0.15) is 6.04 Å². The van der Waals surface area contributed by atoms with Crippen LogP contribution >= 0.6 is 0 Å². The molecule has 0 fully saturated rings. The average Bonchev–Trinajstić information content (AvgIpc) is 2.37. The van der Waals surface area contributed by atoms with Crippen LogP contribution in [0.3, 0.4) is 0 Å². The minimum Gasteiger partial charge on any atom is -0.480 e. The summed E-state index contributed by atoms with van der Waals surface area (Å²) in [5.41, 5.74) is 2.72. The fourth-order valence-electron chi connectivity index (χ4n) is 2.50. The second-order valence-electron chi connectivity index (χ2n) is 4.80. The third kappa shape index (κ3) is 2.70. The summed E-state index contributed by atoms with van der Waals surface area (Å²) in [5, 5.41) is 12.0. The number of anilines is 2. The van der Waals surface area contributed by atoms with E-state index in [2.05, 4.69) is 5.32 Å². The van der Waals surface area contributed by atoms with Crippen molar-refractivity contribution in [3.05, 3.63) is 23.8 Å². The highest BCUT2D eigenvalue weighted by Gasteiger charge is 2.26. The summed E-state index contributed by atoms with van der Waals surface area (Å²) in [6.07, 6.45) is 1.75. The number of carbonyl (C=O) groups is 2. The number of benzene rings is 1. The fraction of sp³-hybridized carbons (Fsp3) is 0.429. The van der Waals surface area contributed by atoms with Gasteiger partial charge in [-0.05, 0) is 37.5 Å². The van der Waals surface area contributed by atoms with Crippen LogP contribution in [0, 0.1) is 0 Å². The zero-order valence-corrected chi connectivity index (χ0v) is 11.1. The molecule has 1 aliphatic rings. The number of fused-ring (bicyclic) bond motifs is 1. The van der Waals surface area contributed by atoms with E-state index in [1.165, 1.54) is 6.92 Å². The van der Waals surface area contributed by atoms with Crippen molar-refractivity contribution in [1.29, 1.82) is 0 Å². The van der Waals surface area contributed by atoms with Crippen LogP contribution in [-0.2, 0) is 16.0 Å². The molecule has 1 aromatic rings. The van der Waals surface area contributed by atoms with Crippen LogP contribution in [-0.4, -0.2) is 29.6 Å². The summed E-state index contributed by atoms with van der Waals surface area (Å²) in [5.74, 6) is -0.949. The molecule has 0 aromatic heterocycles. The Morgan fingerprint density at radius 3 is 2.79 bits per heavy atom. The zero-order valence-electron chi connectivity index (χ0n) is 11.1. The molecule has 2 rings (SSSR count). The molecule has 102 valence electrons. The Kier molecular flexibility index (Phi) is 3.74. The number of rotatable bonds is 3. The molecular weight excluding hydrogens is 244 g/mol. The zero-order chi connectivity index (χ0) is 14.0. The van der Waals surface area contributed by atoms with Crippen molar-refractivity contribution in [3.63, 3.8) is 0 Å². The third-order valence-electron chi connectivity index (χ3n) is 3.42. The maximum absolute atomic E-state index is 11.2. The van der Waals surface area contributed by atoms with Crippen molar-refractivity contribution >= 4 is 23.3 Å². The average molecular weight is 262 g/mol. The van der Waals surface area contributed by atoms with Gasteiger partial charge < -0.3 is 15.3 Å². The first-order valence-electron chi connectivity index (χ1n) is 6.39. The van der Waals surface area contributed by atoms with Gasteiger partial charge >= 0.3 is 5.97 Å². The fourth-order valence-corrected chi connectivity index (χ4v) is 2.50. The van der Waals surface area contributed by atoms with E-state index in [1.54, 1.807) is 6.92 Å². The van der Waals surface area contributed by atoms with Gasteiger partial charge in [0.25, 0.3) is 0 Å². The van der Waals surface area contributed by atoms with Crippen molar-refractivity contribution in [1.82, 2.24) is 0 Å². The second-order valence-corrected chi connectivity index (χ2v) is 4.80. The Balaban J connectivity index is 2.39. The van der Waals surface area contributed by atoms with Crippen LogP contribution in [0.15, 0.2) is 18.2 Å². The number of hydrogen-bond acceptors (Lipinski definition) is 3. The van der Waals surface area contributed by atoms with Crippen molar-refractivity contribution < 1.29 is 14.7 Å². The topological polar surface area (TPSA) is 69.6 Å². The van der Waals surface area contributed by atoms with Crippen LogP contribution in [0.5, 0.6) is 0 Å². The Morgan fingerprint density at radius 2 is 2.16 bits per heavy atom. The summed E-state index contributed by atoms with van der Waals surface area (Å²) >= 11 is 0. The molecule has 1 unspecified atom stereocenters. The summed E-state index contributed by atoms with van der Waals surface area (Å²) in [4.78, 5) is 24.2. The van der Waals surface area contributed by atoms with Gasteiger partial charge in [-0.15, -0.1) is 0 Å². The number of carboxylic acid groups (broad SMARTS) is 1. The van der Waals surface area contributed by atoms with Crippen molar-refractivity contribution in [3.8, 4) is 0 Å². The molecule has 5 nitrogen and oxygen atoms in total. The summed E-state index contributed by atoms with van der Waals surface area (Å²) < 4.78 is 0. The van der Waals surface area contributed by atoms with Crippen LogP contribution in [0.2, 0.25) is 0 Å². The molecule has 1 atom stereocenters. The molecule has 0 spiro atoms. The van der Waals surface area contributed by atoms with Gasteiger partial charge in [0.05, 0.1) is 0 Å². The van der Waals surface area contributed by atoms with Gasteiger partial charge in [0.15, 0.2) is 0 Å². The molecular formula is C14H18N2O3. The lowest BCUT2D eigenvalue weighted by Gasteiger charge is -2.35. The Morgan fingerprint density at radius 1 is 1.42 bits per heavy atom. The van der Waals surface area contributed by atoms with Crippen LogP contribution in [0.4, 0.5) is 11.4 Å². The number of nitrogens with zero attached hydrogens (tertiary/aromatic N) is 1. The standard InChI is InChI=1S/C14H18N2O3/c1-9(14(18)19)16-8-4-5-11-12(15-10(2)17)6-3-7-13(11)16/h3,6-7,9H,4-5,8H2,1-2H3,(H,15,17)(H,18,19). The Bertz CT molecular complexity index is 513. The van der Waals surface area contributed by atoms with Crippen LogP contribution in [0.1, 0.15) is 25.8 Å². The molecule has 19 heavy (non-hydrogen) atoms. The largest absolute Gasteiger partial charge is 0.480 e. The third-order valence-corrected chi connectivity index (χ3v) is 3.42. The quantitative estimate of drug-likeness (QED) is 0.872. The van der Waals surface area contributed by atoms with E-state index in [1.807, 2.05) is 23.1 Å². The van der Waals surface area contributed by atoms with Crippen molar-refractivity contribution in [2.24, 2.45) is 0 Å². The normalized spacial score (nSPS) is 15.6. The second kappa shape index (κ2) is 5.30. The molecule has 1 aromatic carbocycles. The molecule has 0 aliphatic carbocycles. The first-order chi connectivity index (χ1) is 9.00. The van der Waals surface area contributed by atoms with E-state index in [-0.39, 0.29) is 5.91 Å². The van der Waals surface area contributed by atoms with E-state index in [0.29, 0.717) is 0 Å². The lowest BCUT2D eigenvalue weighted by atomic mass is 9.98. The highest BCUT2D eigenvalue weighted by atomic mass is 16.4. The minimum absolute atomic E-state index is 0.114. The van der Waals surface area contributed by atoms with Gasteiger partial charge in [-0.1, -0.05) is 6.07 Å². The first-order valence-corrected chi connectivity index (χ1v) is 6.39. The van der Waals surface area contributed by atoms with Crippen molar-refractivity contribution in [2.75, 3.05) is 16.8 Å². The Labute approximate surface area is 112 Å². The van der Waals surface area contributed by atoms with Crippen LogP contribution in [0.25, 0.3) is 0 Å². The number of aliphatic carboxylic acids is 1. The summed E-state index contributed by atoms with van der Waals surface area (Å²) in [6, 6.07) is 5.05. The predicted octanol–water partition coefficient (Wildman–Crippen LogP) is 1.87. The highest BCUT2D eigenvalue weighted by Crippen LogP contribution is 2.33. The molecule has 1 amide bonds. The SMILES string of the molecule is CC(=O)Nc1cccc2c1CCCN2C(C)C(=O)O. The molecule has 0 saturated heterocycles. The van der Waals surface area contributed by atoms with Gasteiger partial charge in [0, 0.05) is 24.8 Å². The highest BCUT2D eigenvalue weighted by molar-refractivity contribution is 5.91. The van der Waals surface area contributed by atoms with Gasteiger partial charge in [0.2, 0.25) is 5.91 Å². The molecule has 1 aliphatic heterocycles. The lowest BCUT2D eigenvalue weighted by Crippen LogP contribution is -2.42. The molecule has 1 heterocycles. The Hall–Kier alpha value is -2.04. The molecule has 0 saturated carbocycles. The number of nitrogens with one attached hydrogen (secondary N) is 1.